The number of hydrogen-bond donors (Lipinski definition) is 0. The van der Waals surface area contributed by atoms with Crippen molar-refractivity contribution >= 4 is 0 Å². The molecule has 2 aliphatic carbocycles. The van der Waals surface area contributed by atoms with Gasteiger partial charge in [-0.3, -0.25) is 0 Å². The quantitative estimate of drug-likeness (QED) is 0.355. The molecule has 2 fully saturated rings. The summed E-state index contributed by atoms with van der Waals surface area (Å²) in [6.07, 6.45) is 19.9. The first-order chi connectivity index (χ1) is 14.7. The van der Waals surface area contributed by atoms with Crippen LogP contribution in [0.3, 0.4) is 0 Å². The lowest BCUT2D eigenvalue weighted by Crippen LogP contribution is -2.24. The highest BCUT2D eigenvalue weighted by Crippen LogP contribution is 2.42. The Morgan fingerprint density at radius 2 is 1.50 bits per heavy atom. The number of benzene rings is 1. The average molecular weight is 408 g/mol. The molecule has 0 amide bonds. The Morgan fingerprint density at radius 3 is 2.10 bits per heavy atom. The van der Waals surface area contributed by atoms with Crippen molar-refractivity contribution in [3.8, 4) is 6.07 Å². The van der Waals surface area contributed by atoms with Crippen LogP contribution >= 0.6 is 0 Å². The predicted molar refractivity (Wildman–Crippen MR) is 128 cm³/mol. The lowest BCUT2D eigenvalue weighted by molar-refractivity contribution is 0.187. The van der Waals surface area contributed by atoms with Crippen molar-refractivity contribution in [1.82, 2.24) is 0 Å². The smallest absolute Gasteiger partial charge is 0.0658 e. The van der Waals surface area contributed by atoms with Crippen molar-refractivity contribution in [1.29, 1.82) is 5.26 Å². The largest absolute Gasteiger partial charge is 0.198 e. The molecule has 0 N–H and O–H groups in total. The predicted octanol–water partition coefficient (Wildman–Crippen LogP) is 8.83. The van der Waals surface area contributed by atoms with Crippen LogP contribution in [0.25, 0.3) is 0 Å². The maximum atomic E-state index is 9.90. The highest BCUT2D eigenvalue weighted by Gasteiger charge is 2.31. The molecule has 1 unspecified atom stereocenters. The second-order valence-corrected chi connectivity index (χ2v) is 10.5. The zero-order valence-corrected chi connectivity index (χ0v) is 19.7. The van der Waals surface area contributed by atoms with Crippen LogP contribution in [0.1, 0.15) is 121 Å². The van der Waals surface area contributed by atoms with Gasteiger partial charge in [0.1, 0.15) is 0 Å². The Hall–Kier alpha value is -1.29. The van der Waals surface area contributed by atoms with Crippen molar-refractivity contribution in [3.05, 3.63) is 35.4 Å². The fourth-order valence-corrected chi connectivity index (χ4v) is 6.25. The van der Waals surface area contributed by atoms with Crippen LogP contribution in [-0.4, -0.2) is 0 Å². The first-order valence-electron chi connectivity index (χ1n) is 13.2. The monoisotopic (exact) mass is 407 g/mol. The van der Waals surface area contributed by atoms with Gasteiger partial charge in [0, 0.05) is 5.92 Å². The number of unbranched alkanes of at least 4 members (excludes halogenated alkanes) is 2. The summed E-state index contributed by atoms with van der Waals surface area (Å²) >= 11 is 0. The molecule has 2 saturated carbocycles. The molecule has 1 heteroatoms. The number of nitrogens with zero attached hydrogens (tertiary/aromatic N) is 1. The van der Waals surface area contributed by atoms with Crippen LogP contribution in [0.15, 0.2) is 24.3 Å². The fraction of sp³-hybridized carbons (Fsp3) is 0.759. The second kappa shape index (κ2) is 12.5. The lowest BCUT2D eigenvalue weighted by Gasteiger charge is -2.34. The minimum atomic E-state index is 0.316. The SMILES string of the molecule is CCCCC[C@H]1CC[C@H](C(C#N)C[C@H]2CC[C@H](c3ccc(CCC)cc3)CC2)CC1. The summed E-state index contributed by atoms with van der Waals surface area (Å²) in [5.74, 6) is 3.48. The summed E-state index contributed by atoms with van der Waals surface area (Å²) in [7, 11) is 0. The van der Waals surface area contributed by atoms with Crippen molar-refractivity contribution in [2.45, 2.75) is 116 Å². The third kappa shape index (κ3) is 6.87. The van der Waals surface area contributed by atoms with E-state index in [1.165, 1.54) is 102 Å². The molecule has 0 heterocycles. The highest BCUT2D eigenvalue weighted by molar-refractivity contribution is 5.26. The van der Waals surface area contributed by atoms with Gasteiger partial charge < -0.3 is 0 Å². The van der Waals surface area contributed by atoms with E-state index in [9.17, 15) is 5.26 Å². The molecule has 0 aliphatic heterocycles. The van der Waals surface area contributed by atoms with Gasteiger partial charge in [-0.05, 0) is 86.2 Å². The molecule has 30 heavy (non-hydrogen) atoms. The number of nitriles is 1. The minimum absolute atomic E-state index is 0.316. The van der Waals surface area contributed by atoms with Gasteiger partial charge in [0.25, 0.3) is 0 Å². The van der Waals surface area contributed by atoms with E-state index < -0.39 is 0 Å². The fourth-order valence-electron chi connectivity index (χ4n) is 6.25. The minimum Gasteiger partial charge on any atom is -0.198 e. The summed E-state index contributed by atoms with van der Waals surface area (Å²) in [5.41, 5.74) is 3.03. The third-order valence-electron chi connectivity index (χ3n) is 8.27. The van der Waals surface area contributed by atoms with E-state index >= 15 is 0 Å². The molecule has 0 bridgehead atoms. The molecule has 1 atom stereocenters. The van der Waals surface area contributed by atoms with Crippen molar-refractivity contribution in [3.63, 3.8) is 0 Å². The number of hydrogen-bond acceptors (Lipinski definition) is 1. The zero-order chi connectivity index (χ0) is 21.2. The zero-order valence-electron chi connectivity index (χ0n) is 19.7. The van der Waals surface area contributed by atoms with Crippen LogP contribution in [0, 0.1) is 35.0 Å². The third-order valence-corrected chi connectivity index (χ3v) is 8.27. The van der Waals surface area contributed by atoms with Gasteiger partial charge in [0.15, 0.2) is 0 Å². The van der Waals surface area contributed by atoms with E-state index in [1.54, 1.807) is 5.56 Å². The topological polar surface area (TPSA) is 23.8 Å². The molecule has 0 radical (unpaired) electrons. The van der Waals surface area contributed by atoms with E-state index in [0.29, 0.717) is 11.8 Å². The Morgan fingerprint density at radius 1 is 0.833 bits per heavy atom. The maximum absolute atomic E-state index is 9.90. The molecule has 0 aromatic heterocycles. The van der Waals surface area contributed by atoms with Crippen LogP contribution in [0.5, 0.6) is 0 Å². The van der Waals surface area contributed by atoms with Crippen molar-refractivity contribution in [2.75, 3.05) is 0 Å². The maximum Gasteiger partial charge on any atom is 0.0658 e. The molecule has 2 aliphatic rings. The van der Waals surface area contributed by atoms with E-state index in [0.717, 1.165) is 17.8 Å². The normalized spacial score (nSPS) is 28.0. The van der Waals surface area contributed by atoms with Gasteiger partial charge in [-0.25, -0.2) is 0 Å². The molecule has 0 spiro atoms. The van der Waals surface area contributed by atoms with Gasteiger partial charge in [-0.1, -0.05) is 83.1 Å². The first kappa shape index (κ1) is 23.4. The van der Waals surface area contributed by atoms with E-state index in [2.05, 4.69) is 44.2 Å². The summed E-state index contributed by atoms with van der Waals surface area (Å²) in [5, 5.41) is 9.90. The van der Waals surface area contributed by atoms with Gasteiger partial charge in [-0.15, -0.1) is 0 Å². The molecule has 1 aromatic carbocycles. The van der Waals surface area contributed by atoms with Crippen molar-refractivity contribution in [2.24, 2.45) is 23.7 Å². The highest BCUT2D eigenvalue weighted by atomic mass is 14.4. The van der Waals surface area contributed by atoms with Crippen LogP contribution in [-0.2, 0) is 6.42 Å². The van der Waals surface area contributed by atoms with Gasteiger partial charge in [-0.2, -0.15) is 5.26 Å². The second-order valence-electron chi connectivity index (χ2n) is 10.5. The Labute approximate surface area is 186 Å². The summed E-state index contributed by atoms with van der Waals surface area (Å²) in [4.78, 5) is 0. The number of rotatable bonds is 10. The summed E-state index contributed by atoms with van der Waals surface area (Å²) in [6, 6.07) is 12.2. The Kier molecular flexibility index (Phi) is 9.77. The summed E-state index contributed by atoms with van der Waals surface area (Å²) in [6.45, 7) is 4.55. The summed E-state index contributed by atoms with van der Waals surface area (Å²) < 4.78 is 0. The molecule has 3 rings (SSSR count). The number of aryl methyl sites for hydroxylation is 1. The molecular formula is C29H45N. The Bertz CT molecular complexity index is 623. The molecular weight excluding hydrogens is 362 g/mol. The van der Waals surface area contributed by atoms with Crippen LogP contribution in [0.2, 0.25) is 0 Å². The van der Waals surface area contributed by atoms with E-state index in [-0.39, 0.29) is 0 Å². The lowest BCUT2D eigenvalue weighted by atomic mass is 9.70. The average Bonchev–Trinajstić information content (AvgIpc) is 2.79. The molecule has 166 valence electrons. The standard InChI is InChI=1S/C29H45N/c1-3-5-6-8-24-11-17-28(18-12-24)29(22-30)21-25-13-19-27(20-14-25)26-15-9-23(7-4-2)10-16-26/h9-10,15-16,24-25,27-29H,3-8,11-14,17-21H2,1-2H3/t24-,25-,27-,28-,29?. The molecule has 1 aromatic rings. The molecule has 1 nitrogen and oxygen atoms in total. The van der Waals surface area contributed by atoms with Gasteiger partial charge in [0.2, 0.25) is 0 Å². The Balaban J connectivity index is 1.41. The first-order valence-corrected chi connectivity index (χ1v) is 13.2. The van der Waals surface area contributed by atoms with Crippen molar-refractivity contribution < 1.29 is 0 Å². The molecule has 0 saturated heterocycles. The van der Waals surface area contributed by atoms with Gasteiger partial charge in [0.05, 0.1) is 6.07 Å². The van der Waals surface area contributed by atoms with Crippen LogP contribution in [0.4, 0.5) is 0 Å². The van der Waals surface area contributed by atoms with E-state index in [1.807, 2.05) is 0 Å². The van der Waals surface area contributed by atoms with Gasteiger partial charge >= 0.3 is 0 Å². The van der Waals surface area contributed by atoms with Crippen LogP contribution < -0.4 is 0 Å². The van der Waals surface area contributed by atoms with E-state index in [4.69, 9.17) is 0 Å².